The first-order chi connectivity index (χ1) is 14.1. The van der Waals surface area contributed by atoms with Gasteiger partial charge in [0.1, 0.15) is 0 Å². The zero-order valence-corrected chi connectivity index (χ0v) is 18.1. The van der Waals surface area contributed by atoms with Crippen LogP contribution in [0.1, 0.15) is 41.5 Å². The normalized spacial score (nSPS) is 20.4. The molecule has 30 heavy (non-hydrogen) atoms. The molecule has 0 radical (unpaired) electrons. The maximum Gasteiger partial charge on any atom is 0.163 e. The molecule has 8 heteroatoms. The number of ketones is 1. The van der Waals surface area contributed by atoms with Gasteiger partial charge in [-0.15, -0.1) is 5.10 Å². The number of Topliss-reactive ketones (excluding diaryl/α,β-unsaturated/α-hetero) is 1. The zero-order valence-electron chi connectivity index (χ0n) is 17.3. The van der Waals surface area contributed by atoms with E-state index in [4.69, 9.17) is 0 Å². The third-order valence-electron chi connectivity index (χ3n) is 5.67. The lowest BCUT2D eigenvalue weighted by molar-refractivity contribution is 0.0934. The molecule has 0 aliphatic carbocycles. The summed E-state index contributed by atoms with van der Waals surface area (Å²) in [5, 5.41) is 11.7. The predicted octanol–water partition coefficient (Wildman–Crippen LogP) is 3.34. The molecule has 1 aromatic heterocycles. The fourth-order valence-electron chi connectivity index (χ4n) is 3.98. The molecule has 1 atom stereocenters. The van der Waals surface area contributed by atoms with E-state index in [0.29, 0.717) is 23.5 Å². The first kappa shape index (κ1) is 20.4. The molecule has 1 fully saturated rings. The summed E-state index contributed by atoms with van der Waals surface area (Å²) in [5.41, 5.74) is 3.72. The number of rotatable bonds is 5. The third-order valence-corrected chi connectivity index (χ3v) is 7.63. The van der Waals surface area contributed by atoms with E-state index in [-0.39, 0.29) is 23.7 Å². The molecule has 1 aliphatic heterocycles. The molecule has 2 aromatic carbocycles. The van der Waals surface area contributed by atoms with Gasteiger partial charge in [-0.2, -0.15) is 4.68 Å². The Bertz CT molecular complexity index is 1220. The number of aromatic nitrogens is 4. The number of nitrogens with zero attached hydrogens (tertiary/aromatic N) is 4. The Balaban J connectivity index is 1.75. The summed E-state index contributed by atoms with van der Waals surface area (Å²) in [7, 11) is -3.07. The quantitative estimate of drug-likeness (QED) is 0.583. The van der Waals surface area contributed by atoms with Gasteiger partial charge in [0.05, 0.1) is 17.2 Å². The van der Waals surface area contributed by atoms with E-state index >= 15 is 0 Å². The van der Waals surface area contributed by atoms with Crippen LogP contribution in [-0.2, 0) is 9.84 Å². The summed E-state index contributed by atoms with van der Waals surface area (Å²) >= 11 is 0. The molecule has 7 nitrogen and oxygen atoms in total. The molecule has 0 N–H and O–H groups in total. The molecule has 4 rings (SSSR count). The first-order valence-corrected chi connectivity index (χ1v) is 11.7. The van der Waals surface area contributed by atoms with Crippen LogP contribution in [0.3, 0.4) is 0 Å². The summed E-state index contributed by atoms with van der Waals surface area (Å²) in [6.45, 7) is 5.70. The van der Waals surface area contributed by atoms with Crippen molar-refractivity contribution in [3.63, 3.8) is 0 Å². The number of benzene rings is 2. The van der Waals surface area contributed by atoms with Crippen molar-refractivity contribution in [2.75, 3.05) is 11.5 Å². The highest BCUT2D eigenvalue weighted by atomic mass is 32.2. The van der Waals surface area contributed by atoms with Crippen LogP contribution < -0.4 is 0 Å². The Hall–Kier alpha value is -2.87. The van der Waals surface area contributed by atoms with Gasteiger partial charge in [0.2, 0.25) is 0 Å². The summed E-state index contributed by atoms with van der Waals surface area (Å²) in [5.74, 6) is 0.747. The maximum atomic E-state index is 13.2. The van der Waals surface area contributed by atoms with E-state index in [1.165, 1.54) is 0 Å². The van der Waals surface area contributed by atoms with Gasteiger partial charge in [-0.3, -0.25) is 4.79 Å². The van der Waals surface area contributed by atoms with Crippen molar-refractivity contribution < 1.29 is 13.2 Å². The van der Waals surface area contributed by atoms with Crippen LogP contribution in [0.2, 0.25) is 0 Å². The Morgan fingerprint density at radius 2 is 1.83 bits per heavy atom. The molecule has 0 saturated carbocycles. The van der Waals surface area contributed by atoms with Gasteiger partial charge in [-0.05, 0) is 65.4 Å². The Labute approximate surface area is 176 Å². The average Bonchev–Trinajstić information content (AvgIpc) is 3.24. The second-order valence-electron chi connectivity index (χ2n) is 8.53. The van der Waals surface area contributed by atoms with Crippen molar-refractivity contribution in [3.05, 3.63) is 59.4 Å². The van der Waals surface area contributed by atoms with Crippen LogP contribution in [0.25, 0.3) is 16.8 Å². The largest absolute Gasteiger partial charge is 0.294 e. The van der Waals surface area contributed by atoms with Gasteiger partial charge in [-0.25, -0.2) is 8.42 Å². The van der Waals surface area contributed by atoms with Crippen LogP contribution >= 0.6 is 0 Å². The van der Waals surface area contributed by atoms with Gasteiger partial charge in [0.15, 0.2) is 21.4 Å². The van der Waals surface area contributed by atoms with Gasteiger partial charge < -0.3 is 0 Å². The predicted molar refractivity (Wildman–Crippen MR) is 114 cm³/mol. The van der Waals surface area contributed by atoms with Crippen LogP contribution in [0.5, 0.6) is 0 Å². The number of hydrogen-bond acceptors (Lipinski definition) is 6. The van der Waals surface area contributed by atoms with Crippen LogP contribution in [0.4, 0.5) is 0 Å². The first-order valence-electron chi connectivity index (χ1n) is 9.85. The van der Waals surface area contributed by atoms with Crippen LogP contribution in [0, 0.1) is 19.3 Å². The van der Waals surface area contributed by atoms with E-state index in [9.17, 15) is 13.2 Å². The van der Waals surface area contributed by atoms with E-state index in [0.717, 1.165) is 16.7 Å². The van der Waals surface area contributed by atoms with Crippen molar-refractivity contribution >= 4 is 15.6 Å². The van der Waals surface area contributed by atoms with Crippen molar-refractivity contribution in [3.8, 4) is 16.8 Å². The second kappa shape index (κ2) is 7.43. The Morgan fingerprint density at radius 3 is 2.43 bits per heavy atom. The molecule has 1 unspecified atom stereocenters. The molecule has 1 aliphatic rings. The minimum absolute atomic E-state index is 0.0579. The van der Waals surface area contributed by atoms with Crippen molar-refractivity contribution in [1.82, 2.24) is 20.2 Å². The van der Waals surface area contributed by atoms with Crippen molar-refractivity contribution in [2.45, 2.75) is 33.6 Å². The van der Waals surface area contributed by atoms with Crippen LogP contribution in [0.15, 0.2) is 42.5 Å². The fourth-order valence-corrected chi connectivity index (χ4v) is 6.24. The molecule has 0 amide bonds. The van der Waals surface area contributed by atoms with E-state index in [1.807, 2.05) is 50.2 Å². The Kier molecular flexibility index (Phi) is 5.05. The van der Waals surface area contributed by atoms with E-state index in [2.05, 4.69) is 15.5 Å². The van der Waals surface area contributed by atoms with Gasteiger partial charge in [0.25, 0.3) is 0 Å². The number of sulfone groups is 1. The van der Waals surface area contributed by atoms with Gasteiger partial charge in [-0.1, -0.05) is 36.8 Å². The summed E-state index contributed by atoms with van der Waals surface area (Å²) in [6, 6.07) is 13.7. The lowest BCUT2D eigenvalue weighted by Gasteiger charge is -2.21. The van der Waals surface area contributed by atoms with Crippen molar-refractivity contribution in [1.29, 1.82) is 0 Å². The highest BCUT2D eigenvalue weighted by Gasteiger charge is 2.40. The molecule has 2 heterocycles. The molecule has 0 bridgehead atoms. The molecule has 156 valence electrons. The standard InChI is InChI=1S/C22H24N4O3S/c1-15-4-6-17(7-5-15)18-10-19(12-20(11-18)26-16(2)23-24-25-26)21(27)13-22(3)8-9-30(28,29)14-22/h4-7,10-12H,8-9,13-14H2,1-3H3. The number of aryl methyl sites for hydroxylation is 2. The topological polar surface area (TPSA) is 94.8 Å². The molecule has 3 aromatic rings. The number of carbonyl (C=O) groups is 1. The number of tetrazole rings is 1. The van der Waals surface area contributed by atoms with Gasteiger partial charge >= 0.3 is 0 Å². The lowest BCUT2D eigenvalue weighted by Crippen LogP contribution is -2.22. The fraction of sp³-hybridized carbons (Fsp3) is 0.364. The molecule has 0 spiro atoms. The summed E-state index contributed by atoms with van der Waals surface area (Å²) < 4.78 is 25.5. The minimum atomic E-state index is -3.07. The lowest BCUT2D eigenvalue weighted by atomic mass is 9.83. The summed E-state index contributed by atoms with van der Waals surface area (Å²) in [6.07, 6.45) is 0.704. The van der Waals surface area contributed by atoms with Crippen LogP contribution in [-0.4, -0.2) is 45.9 Å². The Morgan fingerprint density at radius 1 is 1.10 bits per heavy atom. The molecular formula is C22H24N4O3S. The zero-order chi connectivity index (χ0) is 21.5. The highest BCUT2D eigenvalue weighted by Crippen LogP contribution is 2.36. The van der Waals surface area contributed by atoms with Crippen molar-refractivity contribution in [2.24, 2.45) is 5.41 Å². The molecule has 1 saturated heterocycles. The number of carbonyl (C=O) groups excluding carboxylic acids is 1. The molecular weight excluding hydrogens is 400 g/mol. The third kappa shape index (κ3) is 4.18. The smallest absolute Gasteiger partial charge is 0.163 e. The second-order valence-corrected chi connectivity index (χ2v) is 10.7. The average molecular weight is 425 g/mol. The SMILES string of the molecule is Cc1ccc(-c2cc(C(=O)CC3(C)CCS(=O)(=O)C3)cc(-n3nnnc3C)c2)cc1. The van der Waals surface area contributed by atoms with Gasteiger partial charge in [0, 0.05) is 12.0 Å². The summed E-state index contributed by atoms with van der Waals surface area (Å²) in [4.78, 5) is 13.2. The monoisotopic (exact) mass is 424 g/mol. The van der Waals surface area contributed by atoms with E-state index < -0.39 is 15.3 Å². The minimum Gasteiger partial charge on any atom is -0.294 e. The highest BCUT2D eigenvalue weighted by molar-refractivity contribution is 7.91. The number of hydrogen-bond donors (Lipinski definition) is 0. The maximum absolute atomic E-state index is 13.2. The van der Waals surface area contributed by atoms with E-state index in [1.54, 1.807) is 17.7 Å².